The minimum atomic E-state index is -0.467. The summed E-state index contributed by atoms with van der Waals surface area (Å²) in [6, 6.07) is 12.3. The topological polar surface area (TPSA) is 98.0 Å². The highest BCUT2D eigenvalue weighted by molar-refractivity contribution is 8.00. The molecule has 1 heterocycles. The Morgan fingerprint density at radius 2 is 2.04 bits per heavy atom. The molecule has 3 aromatic rings. The van der Waals surface area contributed by atoms with E-state index in [-0.39, 0.29) is 17.3 Å². The van der Waals surface area contributed by atoms with Gasteiger partial charge >= 0.3 is 0 Å². The van der Waals surface area contributed by atoms with Crippen LogP contribution in [0.25, 0.3) is 10.8 Å². The highest BCUT2D eigenvalue weighted by Crippen LogP contribution is 2.27. The van der Waals surface area contributed by atoms with Crippen LogP contribution in [0.3, 0.4) is 0 Å². The van der Waals surface area contributed by atoms with E-state index >= 15 is 0 Å². The van der Waals surface area contributed by atoms with E-state index in [4.69, 9.17) is 0 Å². The molecule has 0 unspecified atom stereocenters. The Bertz CT molecular complexity index is 956. The number of hydrogen-bond acceptors (Lipinski definition) is 6. The molecule has 0 aliphatic heterocycles. The number of nitrogens with zero attached hydrogens (tertiary/aromatic N) is 3. The fraction of sp³-hybridized carbons (Fsp3) is 0.118. The molecule has 0 atom stereocenters. The molecule has 0 bridgehead atoms. The van der Waals surface area contributed by atoms with Gasteiger partial charge in [0, 0.05) is 16.8 Å². The van der Waals surface area contributed by atoms with Crippen molar-refractivity contribution in [3.05, 3.63) is 64.3 Å². The number of benzene rings is 2. The van der Waals surface area contributed by atoms with Crippen LogP contribution in [0.15, 0.2) is 53.7 Å². The lowest BCUT2D eigenvalue weighted by Gasteiger charge is -2.08. The molecule has 7 nitrogen and oxygen atoms in total. The van der Waals surface area contributed by atoms with Crippen LogP contribution in [0, 0.1) is 17.0 Å². The van der Waals surface area contributed by atoms with Gasteiger partial charge < -0.3 is 5.32 Å². The van der Waals surface area contributed by atoms with Crippen LogP contribution in [-0.2, 0) is 4.79 Å². The number of hydrogen-bond donors (Lipinski definition) is 1. The summed E-state index contributed by atoms with van der Waals surface area (Å²) < 4.78 is 0. The van der Waals surface area contributed by atoms with Crippen molar-refractivity contribution >= 4 is 39.8 Å². The lowest BCUT2D eigenvalue weighted by Crippen LogP contribution is -2.15. The second-order valence-electron chi connectivity index (χ2n) is 5.28. The first-order chi connectivity index (χ1) is 12.1. The van der Waals surface area contributed by atoms with Gasteiger partial charge in [0.2, 0.25) is 5.91 Å². The Hall–Kier alpha value is -3.00. The maximum atomic E-state index is 12.2. The highest BCUT2D eigenvalue weighted by atomic mass is 32.2. The van der Waals surface area contributed by atoms with Crippen molar-refractivity contribution in [1.82, 2.24) is 10.2 Å². The van der Waals surface area contributed by atoms with Crippen molar-refractivity contribution < 1.29 is 9.72 Å². The van der Waals surface area contributed by atoms with Gasteiger partial charge in [-0.2, -0.15) is 5.10 Å². The highest BCUT2D eigenvalue weighted by Gasteiger charge is 2.15. The van der Waals surface area contributed by atoms with E-state index in [1.54, 1.807) is 25.3 Å². The van der Waals surface area contributed by atoms with Crippen LogP contribution in [0.5, 0.6) is 0 Å². The Labute approximate surface area is 147 Å². The first-order valence-electron chi connectivity index (χ1n) is 7.43. The van der Waals surface area contributed by atoms with Gasteiger partial charge in [-0.05, 0) is 13.0 Å². The number of thioether (sulfide) groups is 1. The van der Waals surface area contributed by atoms with Crippen LogP contribution in [-0.4, -0.2) is 26.8 Å². The summed E-state index contributed by atoms with van der Waals surface area (Å²) in [7, 11) is 0. The summed E-state index contributed by atoms with van der Waals surface area (Å²) in [5.41, 5.74) is 0.838. The summed E-state index contributed by atoms with van der Waals surface area (Å²) in [5, 5.41) is 24.3. The number of amides is 1. The summed E-state index contributed by atoms with van der Waals surface area (Å²) in [4.78, 5) is 22.7. The number of nitro groups is 1. The fourth-order valence-corrected chi connectivity index (χ4v) is 3.17. The number of fused-ring (bicyclic) bond motifs is 1. The van der Waals surface area contributed by atoms with Crippen molar-refractivity contribution in [2.45, 2.75) is 11.9 Å². The number of carbonyl (C=O) groups excluding carboxylic acids is 1. The SMILES string of the molecule is Cc1c(NC(=O)CSc2nncc3ccccc23)cccc1[N+](=O)[O-]. The fourth-order valence-electron chi connectivity index (χ4n) is 2.39. The van der Waals surface area contributed by atoms with Crippen LogP contribution in [0.1, 0.15) is 5.56 Å². The molecule has 3 rings (SSSR count). The monoisotopic (exact) mass is 354 g/mol. The van der Waals surface area contributed by atoms with Crippen molar-refractivity contribution in [1.29, 1.82) is 0 Å². The number of aromatic nitrogens is 2. The molecule has 126 valence electrons. The van der Waals surface area contributed by atoms with Gasteiger partial charge in [0.05, 0.1) is 28.1 Å². The molecule has 0 fully saturated rings. The summed E-state index contributed by atoms with van der Waals surface area (Å²) in [6.45, 7) is 1.61. The Morgan fingerprint density at radius 3 is 2.84 bits per heavy atom. The van der Waals surface area contributed by atoms with Gasteiger partial charge in [0.15, 0.2) is 0 Å². The van der Waals surface area contributed by atoms with Crippen LogP contribution >= 0.6 is 11.8 Å². The Morgan fingerprint density at radius 1 is 1.24 bits per heavy atom. The minimum absolute atomic E-state index is 0.0228. The average molecular weight is 354 g/mol. The van der Waals surface area contributed by atoms with E-state index in [1.165, 1.54) is 17.8 Å². The lowest BCUT2D eigenvalue weighted by atomic mass is 10.1. The molecule has 0 saturated heterocycles. The molecule has 0 spiro atoms. The molecular formula is C17H14N4O3S. The smallest absolute Gasteiger partial charge is 0.274 e. The number of nitro benzene ring substituents is 1. The molecule has 0 saturated carbocycles. The predicted molar refractivity (Wildman–Crippen MR) is 96.7 cm³/mol. The van der Waals surface area contributed by atoms with E-state index in [9.17, 15) is 14.9 Å². The molecule has 1 N–H and O–H groups in total. The standard InChI is InChI=1S/C17H14N4O3S/c1-11-14(7-4-8-15(11)21(23)24)19-16(22)10-25-17-13-6-3-2-5-12(13)9-18-20-17/h2-9H,10H2,1H3,(H,19,22). The van der Waals surface area contributed by atoms with Crippen LogP contribution in [0.2, 0.25) is 0 Å². The Kier molecular flexibility index (Phi) is 4.90. The molecular weight excluding hydrogens is 340 g/mol. The molecule has 8 heteroatoms. The zero-order chi connectivity index (χ0) is 17.8. The molecule has 2 aromatic carbocycles. The molecule has 1 aromatic heterocycles. The van der Waals surface area contributed by atoms with Gasteiger partial charge in [-0.3, -0.25) is 14.9 Å². The second-order valence-corrected chi connectivity index (χ2v) is 6.24. The summed E-state index contributed by atoms with van der Waals surface area (Å²) >= 11 is 1.27. The maximum Gasteiger partial charge on any atom is 0.274 e. The number of nitrogens with one attached hydrogen (secondary N) is 1. The van der Waals surface area contributed by atoms with Crippen molar-refractivity contribution in [2.75, 3.05) is 11.1 Å². The second kappa shape index (κ2) is 7.27. The van der Waals surface area contributed by atoms with Gasteiger partial charge in [-0.1, -0.05) is 42.1 Å². The first kappa shape index (κ1) is 16.8. The zero-order valence-electron chi connectivity index (χ0n) is 13.3. The Balaban J connectivity index is 1.71. The first-order valence-corrected chi connectivity index (χ1v) is 8.42. The molecule has 25 heavy (non-hydrogen) atoms. The number of carbonyl (C=O) groups is 1. The van der Waals surface area contributed by atoms with E-state index in [0.29, 0.717) is 16.3 Å². The molecule has 0 aliphatic rings. The quantitative estimate of drug-likeness (QED) is 0.427. The minimum Gasteiger partial charge on any atom is -0.325 e. The van der Waals surface area contributed by atoms with Gasteiger partial charge in [0.25, 0.3) is 5.69 Å². The summed E-state index contributed by atoms with van der Waals surface area (Å²) in [5.74, 6) is -0.131. The van der Waals surface area contributed by atoms with E-state index in [0.717, 1.165) is 10.8 Å². The molecule has 0 aliphatic carbocycles. The molecule has 0 radical (unpaired) electrons. The van der Waals surface area contributed by atoms with E-state index in [1.807, 2.05) is 24.3 Å². The lowest BCUT2D eigenvalue weighted by molar-refractivity contribution is -0.385. The third-order valence-electron chi connectivity index (χ3n) is 3.65. The van der Waals surface area contributed by atoms with E-state index < -0.39 is 4.92 Å². The van der Waals surface area contributed by atoms with Crippen molar-refractivity contribution in [3.8, 4) is 0 Å². The number of rotatable bonds is 5. The normalized spacial score (nSPS) is 10.6. The van der Waals surface area contributed by atoms with Crippen LogP contribution in [0.4, 0.5) is 11.4 Å². The van der Waals surface area contributed by atoms with Crippen molar-refractivity contribution in [3.63, 3.8) is 0 Å². The van der Waals surface area contributed by atoms with Gasteiger partial charge in [-0.15, -0.1) is 5.10 Å². The van der Waals surface area contributed by atoms with Gasteiger partial charge in [0.1, 0.15) is 5.03 Å². The van der Waals surface area contributed by atoms with Crippen molar-refractivity contribution in [2.24, 2.45) is 0 Å². The summed E-state index contributed by atoms with van der Waals surface area (Å²) in [6.07, 6.45) is 1.67. The van der Waals surface area contributed by atoms with Gasteiger partial charge in [-0.25, -0.2) is 0 Å². The zero-order valence-corrected chi connectivity index (χ0v) is 14.1. The third-order valence-corrected chi connectivity index (χ3v) is 4.63. The van der Waals surface area contributed by atoms with Crippen LogP contribution < -0.4 is 5.32 Å². The number of anilines is 1. The molecule has 1 amide bonds. The predicted octanol–water partition coefficient (Wildman–Crippen LogP) is 3.58. The van der Waals surface area contributed by atoms with E-state index in [2.05, 4.69) is 15.5 Å². The maximum absolute atomic E-state index is 12.2. The third kappa shape index (κ3) is 3.74. The average Bonchev–Trinajstić information content (AvgIpc) is 2.61. The largest absolute Gasteiger partial charge is 0.325 e.